The van der Waals surface area contributed by atoms with E-state index in [1.807, 2.05) is 25.7 Å². The topological polar surface area (TPSA) is 66.8 Å². The molecule has 2 saturated heterocycles. The van der Waals surface area contributed by atoms with E-state index in [0.717, 1.165) is 0 Å². The number of fused-ring (bicyclic) bond motifs is 1. The maximum atomic E-state index is 11.7. The molecule has 0 bridgehead atoms. The molecule has 2 heterocycles. The van der Waals surface area contributed by atoms with Gasteiger partial charge in [-0.05, 0) is 6.92 Å². The van der Waals surface area contributed by atoms with Crippen LogP contribution in [-0.4, -0.2) is 53.7 Å². The van der Waals surface area contributed by atoms with Gasteiger partial charge in [-0.25, -0.2) is 8.42 Å². The van der Waals surface area contributed by atoms with Crippen molar-refractivity contribution < 1.29 is 13.2 Å². The van der Waals surface area contributed by atoms with Crippen LogP contribution in [0.4, 0.5) is 0 Å². The third kappa shape index (κ3) is 2.56. The standard InChI is InChI=1S/C11H18N2O3S2/c1-4-13-8-5-18(15,16)6-9(8)17-11(13)12-10(14)7(2)3/h7-9H,4-6H2,1-3H3/t8-,9+/m1/s1. The quantitative estimate of drug-likeness (QED) is 0.751. The van der Waals surface area contributed by atoms with E-state index in [0.29, 0.717) is 11.7 Å². The Hall–Kier alpha value is -0.560. The molecule has 0 N–H and O–H groups in total. The summed E-state index contributed by atoms with van der Waals surface area (Å²) in [6.45, 7) is 6.28. The van der Waals surface area contributed by atoms with Crippen molar-refractivity contribution >= 4 is 32.7 Å². The Balaban J connectivity index is 2.21. The Morgan fingerprint density at radius 2 is 2.17 bits per heavy atom. The van der Waals surface area contributed by atoms with E-state index >= 15 is 0 Å². The summed E-state index contributed by atoms with van der Waals surface area (Å²) in [5.41, 5.74) is 0. The van der Waals surface area contributed by atoms with Crippen molar-refractivity contribution in [1.82, 2.24) is 4.90 Å². The Morgan fingerprint density at radius 1 is 1.50 bits per heavy atom. The van der Waals surface area contributed by atoms with E-state index < -0.39 is 9.84 Å². The zero-order chi connectivity index (χ0) is 13.5. The van der Waals surface area contributed by atoms with E-state index in [2.05, 4.69) is 4.99 Å². The number of hydrogen-bond donors (Lipinski definition) is 0. The molecular formula is C11H18N2O3S2. The summed E-state index contributed by atoms with van der Waals surface area (Å²) in [5, 5.41) is 0.731. The predicted molar refractivity (Wildman–Crippen MR) is 73.5 cm³/mol. The number of carbonyl (C=O) groups is 1. The second kappa shape index (κ2) is 4.85. The molecule has 0 saturated carbocycles. The third-order valence-corrected chi connectivity index (χ3v) is 6.46. The van der Waals surface area contributed by atoms with Crippen molar-refractivity contribution in [1.29, 1.82) is 0 Å². The minimum Gasteiger partial charge on any atom is -0.346 e. The van der Waals surface area contributed by atoms with Crippen molar-refractivity contribution in [3.8, 4) is 0 Å². The van der Waals surface area contributed by atoms with Crippen molar-refractivity contribution in [3.63, 3.8) is 0 Å². The van der Waals surface area contributed by atoms with Gasteiger partial charge in [-0.3, -0.25) is 4.79 Å². The van der Waals surface area contributed by atoms with Crippen LogP contribution < -0.4 is 0 Å². The number of sulfone groups is 1. The first kappa shape index (κ1) is 13.9. The van der Waals surface area contributed by atoms with Gasteiger partial charge in [0.05, 0.1) is 17.5 Å². The van der Waals surface area contributed by atoms with Gasteiger partial charge in [0.1, 0.15) is 0 Å². The average Bonchev–Trinajstić information content (AvgIpc) is 2.68. The van der Waals surface area contributed by atoms with Crippen LogP contribution >= 0.6 is 11.8 Å². The number of aliphatic imine (C=N–C) groups is 1. The summed E-state index contributed by atoms with van der Waals surface area (Å²) < 4.78 is 23.2. The maximum Gasteiger partial charge on any atom is 0.250 e. The molecule has 0 aromatic carbocycles. The molecule has 2 aliphatic heterocycles. The van der Waals surface area contributed by atoms with E-state index in [-0.39, 0.29) is 34.6 Å². The molecule has 2 aliphatic rings. The summed E-state index contributed by atoms with van der Waals surface area (Å²) in [6, 6.07) is -0.0105. The third-order valence-electron chi connectivity index (χ3n) is 3.22. The zero-order valence-corrected chi connectivity index (χ0v) is 12.4. The molecule has 102 valence electrons. The first-order valence-corrected chi connectivity index (χ1v) is 8.80. The molecule has 0 aliphatic carbocycles. The highest BCUT2D eigenvalue weighted by molar-refractivity contribution is 8.15. The lowest BCUT2D eigenvalue weighted by atomic mass is 10.2. The Morgan fingerprint density at radius 3 is 2.72 bits per heavy atom. The molecule has 0 radical (unpaired) electrons. The molecule has 18 heavy (non-hydrogen) atoms. The predicted octanol–water partition coefficient (Wildman–Crippen LogP) is 0.759. The fraction of sp³-hybridized carbons (Fsp3) is 0.818. The lowest BCUT2D eigenvalue weighted by Crippen LogP contribution is -2.37. The van der Waals surface area contributed by atoms with Gasteiger partial charge in [0.15, 0.2) is 15.0 Å². The Bertz CT molecular complexity index is 485. The van der Waals surface area contributed by atoms with E-state index in [1.165, 1.54) is 11.8 Å². The largest absolute Gasteiger partial charge is 0.346 e. The second-order valence-corrected chi connectivity index (χ2v) is 8.33. The van der Waals surface area contributed by atoms with Gasteiger partial charge in [-0.1, -0.05) is 25.6 Å². The monoisotopic (exact) mass is 290 g/mol. The van der Waals surface area contributed by atoms with Gasteiger partial charge < -0.3 is 4.90 Å². The van der Waals surface area contributed by atoms with Crippen LogP contribution in [0, 0.1) is 5.92 Å². The normalized spacial score (nSPS) is 32.2. The van der Waals surface area contributed by atoms with E-state index in [9.17, 15) is 13.2 Å². The minimum atomic E-state index is -2.92. The fourth-order valence-electron chi connectivity index (χ4n) is 2.23. The van der Waals surface area contributed by atoms with Crippen LogP contribution in [0.15, 0.2) is 4.99 Å². The van der Waals surface area contributed by atoms with Crippen molar-refractivity contribution in [2.75, 3.05) is 18.1 Å². The van der Waals surface area contributed by atoms with Crippen LogP contribution in [0.25, 0.3) is 0 Å². The molecule has 0 unspecified atom stereocenters. The molecule has 2 atom stereocenters. The highest BCUT2D eigenvalue weighted by Gasteiger charge is 2.48. The highest BCUT2D eigenvalue weighted by atomic mass is 32.2. The molecule has 2 rings (SSSR count). The minimum absolute atomic E-state index is 0.0105. The first-order valence-electron chi connectivity index (χ1n) is 6.10. The van der Waals surface area contributed by atoms with E-state index in [4.69, 9.17) is 0 Å². The van der Waals surface area contributed by atoms with Crippen LogP contribution in [0.3, 0.4) is 0 Å². The van der Waals surface area contributed by atoms with Crippen LogP contribution in [0.1, 0.15) is 20.8 Å². The number of carbonyl (C=O) groups excluding carboxylic acids is 1. The van der Waals surface area contributed by atoms with Crippen LogP contribution in [0.2, 0.25) is 0 Å². The summed E-state index contributed by atoms with van der Waals surface area (Å²) in [7, 11) is -2.92. The van der Waals surface area contributed by atoms with Gasteiger partial charge in [-0.15, -0.1) is 0 Å². The Kier molecular flexibility index (Phi) is 3.73. The van der Waals surface area contributed by atoms with Gasteiger partial charge in [0.25, 0.3) is 5.91 Å². The lowest BCUT2D eigenvalue weighted by molar-refractivity contribution is -0.120. The van der Waals surface area contributed by atoms with Gasteiger partial charge >= 0.3 is 0 Å². The molecule has 1 amide bonds. The van der Waals surface area contributed by atoms with Crippen LogP contribution in [0.5, 0.6) is 0 Å². The Labute approximate surface area is 112 Å². The second-order valence-electron chi connectivity index (χ2n) is 4.97. The molecule has 0 aromatic heterocycles. The molecule has 7 heteroatoms. The van der Waals surface area contributed by atoms with Gasteiger partial charge in [0, 0.05) is 17.7 Å². The molecule has 5 nitrogen and oxygen atoms in total. The summed E-state index contributed by atoms with van der Waals surface area (Å²) in [4.78, 5) is 17.7. The average molecular weight is 290 g/mol. The SMILES string of the molecule is CCN1C(=NC(=O)C(C)C)S[C@H]2CS(=O)(=O)C[C@H]21. The number of amides is 1. The molecule has 2 fully saturated rings. The molecular weight excluding hydrogens is 272 g/mol. The van der Waals surface area contributed by atoms with Gasteiger partial charge in [0.2, 0.25) is 0 Å². The summed E-state index contributed by atoms with van der Waals surface area (Å²) in [6.07, 6.45) is 0. The first-order chi connectivity index (χ1) is 8.34. The number of nitrogens with zero attached hydrogens (tertiary/aromatic N) is 2. The number of amidine groups is 1. The van der Waals surface area contributed by atoms with Crippen molar-refractivity contribution in [3.05, 3.63) is 0 Å². The van der Waals surface area contributed by atoms with Crippen molar-refractivity contribution in [2.24, 2.45) is 10.9 Å². The smallest absolute Gasteiger partial charge is 0.250 e. The highest BCUT2D eigenvalue weighted by Crippen LogP contribution is 2.37. The number of thioether (sulfide) groups is 1. The zero-order valence-electron chi connectivity index (χ0n) is 10.8. The number of hydrogen-bond acceptors (Lipinski definition) is 4. The lowest BCUT2D eigenvalue weighted by Gasteiger charge is -2.22. The fourth-order valence-corrected chi connectivity index (χ4v) is 6.25. The molecule has 0 spiro atoms. The van der Waals surface area contributed by atoms with E-state index in [1.54, 1.807) is 0 Å². The maximum absolute atomic E-state index is 11.7. The number of rotatable bonds is 2. The summed E-state index contributed by atoms with van der Waals surface area (Å²) >= 11 is 1.44. The summed E-state index contributed by atoms with van der Waals surface area (Å²) in [5.74, 6) is 0.126. The molecule has 0 aromatic rings. The van der Waals surface area contributed by atoms with Gasteiger partial charge in [-0.2, -0.15) is 4.99 Å². The van der Waals surface area contributed by atoms with Crippen LogP contribution in [-0.2, 0) is 14.6 Å². The van der Waals surface area contributed by atoms with Crippen molar-refractivity contribution in [2.45, 2.75) is 32.1 Å².